The lowest BCUT2D eigenvalue weighted by Crippen LogP contribution is -2.40. The van der Waals surface area contributed by atoms with Gasteiger partial charge in [-0.25, -0.2) is 4.79 Å². The molecule has 1 saturated carbocycles. The number of halogens is 5. The number of ether oxygens (including phenoxy) is 2. The SMILES string of the molecule is O=C(O)C1=Cc2cc(Cl)c(OCC3CCCCC3)c(Cl)c2O[C@@H]1C(F)(F)F. The number of hydrogen-bond donors (Lipinski definition) is 1. The molecule has 0 spiro atoms. The fraction of sp³-hybridized carbons (Fsp3) is 0.500. The van der Waals surface area contributed by atoms with Gasteiger partial charge in [0.05, 0.1) is 17.2 Å². The number of benzene rings is 1. The van der Waals surface area contributed by atoms with E-state index in [-0.39, 0.29) is 27.1 Å². The molecule has 1 heterocycles. The maximum absolute atomic E-state index is 13.2. The standard InChI is InChI=1S/C18H17Cl2F3O4/c19-12-7-10-6-11(17(24)25)16(18(21,22)23)27-14(10)13(20)15(12)26-8-9-4-2-1-3-5-9/h6-7,9,16H,1-5,8H2,(H,24,25)/t16-/m0/s1. The van der Waals surface area contributed by atoms with Crippen LogP contribution >= 0.6 is 23.2 Å². The fourth-order valence-electron chi connectivity index (χ4n) is 3.36. The lowest BCUT2D eigenvalue weighted by Gasteiger charge is -2.29. The van der Waals surface area contributed by atoms with E-state index in [0.717, 1.165) is 31.8 Å². The first-order chi connectivity index (χ1) is 12.7. The smallest absolute Gasteiger partial charge is 0.430 e. The van der Waals surface area contributed by atoms with E-state index >= 15 is 0 Å². The monoisotopic (exact) mass is 424 g/mol. The molecule has 27 heavy (non-hydrogen) atoms. The molecule has 1 fully saturated rings. The number of carbonyl (C=O) groups is 1. The summed E-state index contributed by atoms with van der Waals surface area (Å²) >= 11 is 12.4. The van der Waals surface area contributed by atoms with E-state index in [4.69, 9.17) is 37.8 Å². The van der Waals surface area contributed by atoms with Crippen LogP contribution in [0.1, 0.15) is 37.7 Å². The second-order valence-corrected chi connectivity index (χ2v) is 7.46. The minimum Gasteiger partial charge on any atom is -0.490 e. The molecular weight excluding hydrogens is 408 g/mol. The highest BCUT2D eigenvalue weighted by Crippen LogP contribution is 2.48. The summed E-state index contributed by atoms with van der Waals surface area (Å²) in [4.78, 5) is 11.2. The zero-order valence-corrected chi connectivity index (χ0v) is 15.6. The minimum absolute atomic E-state index is 0.0516. The van der Waals surface area contributed by atoms with E-state index in [0.29, 0.717) is 12.5 Å². The van der Waals surface area contributed by atoms with E-state index in [9.17, 15) is 18.0 Å². The van der Waals surface area contributed by atoms with Crippen LogP contribution in [-0.2, 0) is 4.79 Å². The zero-order chi connectivity index (χ0) is 19.8. The van der Waals surface area contributed by atoms with Gasteiger partial charge in [0.1, 0.15) is 10.8 Å². The van der Waals surface area contributed by atoms with Crippen molar-refractivity contribution in [2.24, 2.45) is 5.92 Å². The van der Waals surface area contributed by atoms with Gasteiger partial charge in [0.2, 0.25) is 6.10 Å². The molecule has 148 valence electrons. The molecule has 1 atom stereocenters. The molecule has 0 unspecified atom stereocenters. The summed E-state index contributed by atoms with van der Waals surface area (Å²) in [5.74, 6) is -1.63. The highest BCUT2D eigenvalue weighted by molar-refractivity contribution is 6.38. The molecule has 1 aliphatic carbocycles. The Kier molecular flexibility index (Phi) is 5.82. The summed E-state index contributed by atoms with van der Waals surface area (Å²) in [6.07, 6.45) is -1.22. The number of rotatable bonds is 4. The molecule has 0 amide bonds. The molecular formula is C18H17Cl2F3O4. The average Bonchev–Trinajstić information content (AvgIpc) is 2.60. The van der Waals surface area contributed by atoms with Crippen molar-refractivity contribution in [3.8, 4) is 11.5 Å². The third kappa shape index (κ3) is 4.29. The number of alkyl halides is 3. The van der Waals surface area contributed by atoms with Crippen molar-refractivity contribution in [2.75, 3.05) is 6.61 Å². The fourth-order valence-corrected chi connectivity index (χ4v) is 3.98. The summed E-state index contributed by atoms with van der Waals surface area (Å²) in [5.41, 5.74) is -0.870. The molecule has 0 bridgehead atoms. The molecule has 0 saturated heterocycles. The second kappa shape index (κ2) is 7.80. The van der Waals surface area contributed by atoms with Gasteiger partial charge in [0.15, 0.2) is 5.75 Å². The lowest BCUT2D eigenvalue weighted by molar-refractivity contribution is -0.187. The maximum Gasteiger partial charge on any atom is 0.430 e. The molecule has 2 aliphatic rings. The summed E-state index contributed by atoms with van der Waals surface area (Å²) < 4.78 is 50.3. The molecule has 0 radical (unpaired) electrons. The summed E-state index contributed by atoms with van der Waals surface area (Å²) in [6.45, 7) is 0.358. The normalized spacial score (nSPS) is 20.5. The first kappa shape index (κ1) is 20.1. The number of hydrogen-bond acceptors (Lipinski definition) is 3. The van der Waals surface area contributed by atoms with Crippen molar-refractivity contribution in [3.63, 3.8) is 0 Å². The molecule has 9 heteroatoms. The van der Waals surface area contributed by atoms with Crippen LogP contribution < -0.4 is 9.47 Å². The predicted octanol–water partition coefficient (Wildman–Crippen LogP) is 5.74. The molecule has 1 N–H and O–H groups in total. The molecule has 4 nitrogen and oxygen atoms in total. The number of carboxylic acid groups (broad SMARTS) is 1. The largest absolute Gasteiger partial charge is 0.490 e. The Balaban J connectivity index is 1.92. The molecule has 0 aromatic heterocycles. The third-order valence-corrected chi connectivity index (χ3v) is 5.35. The third-order valence-electron chi connectivity index (χ3n) is 4.72. The van der Waals surface area contributed by atoms with Gasteiger partial charge in [-0.15, -0.1) is 0 Å². The first-order valence-electron chi connectivity index (χ1n) is 8.51. The van der Waals surface area contributed by atoms with Crippen molar-refractivity contribution in [1.29, 1.82) is 0 Å². The van der Waals surface area contributed by atoms with Gasteiger partial charge in [0.25, 0.3) is 0 Å². The second-order valence-electron chi connectivity index (χ2n) is 6.68. The molecule has 1 aliphatic heterocycles. The Morgan fingerprint density at radius 3 is 2.52 bits per heavy atom. The van der Waals surface area contributed by atoms with E-state index in [1.807, 2.05) is 0 Å². The van der Waals surface area contributed by atoms with Crippen LogP contribution in [0.2, 0.25) is 10.0 Å². The van der Waals surface area contributed by atoms with Crippen LogP contribution in [0.5, 0.6) is 11.5 Å². The summed E-state index contributed by atoms with van der Waals surface area (Å²) in [7, 11) is 0. The first-order valence-corrected chi connectivity index (χ1v) is 9.27. The number of fused-ring (bicyclic) bond motifs is 1. The quantitative estimate of drug-likeness (QED) is 0.668. The maximum atomic E-state index is 13.2. The van der Waals surface area contributed by atoms with Crippen LogP contribution in [0.15, 0.2) is 11.6 Å². The zero-order valence-electron chi connectivity index (χ0n) is 14.1. The van der Waals surface area contributed by atoms with Crippen molar-refractivity contribution in [2.45, 2.75) is 44.4 Å². The summed E-state index contributed by atoms with van der Waals surface area (Å²) in [5, 5.41) is 8.98. The van der Waals surface area contributed by atoms with Crippen LogP contribution in [0.3, 0.4) is 0 Å². The van der Waals surface area contributed by atoms with Gasteiger partial charge in [-0.3, -0.25) is 0 Å². The van der Waals surface area contributed by atoms with Crippen LogP contribution in [0.4, 0.5) is 13.2 Å². The van der Waals surface area contributed by atoms with E-state index in [1.165, 1.54) is 12.5 Å². The van der Waals surface area contributed by atoms with Crippen LogP contribution in [-0.4, -0.2) is 30.0 Å². The van der Waals surface area contributed by atoms with E-state index in [2.05, 4.69) is 0 Å². The summed E-state index contributed by atoms with van der Waals surface area (Å²) in [6, 6.07) is 1.30. The Labute approximate surface area is 163 Å². The van der Waals surface area contributed by atoms with Gasteiger partial charge < -0.3 is 14.6 Å². The van der Waals surface area contributed by atoms with Crippen LogP contribution in [0, 0.1) is 5.92 Å². The van der Waals surface area contributed by atoms with E-state index in [1.54, 1.807) is 0 Å². The number of carboxylic acids is 1. The molecule has 1 aromatic carbocycles. The Morgan fingerprint density at radius 1 is 1.26 bits per heavy atom. The molecule has 1 aromatic rings. The van der Waals surface area contributed by atoms with Gasteiger partial charge in [-0.05, 0) is 30.9 Å². The molecule has 3 rings (SSSR count). The van der Waals surface area contributed by atoms with Crippen molar-refractivity contribution >= 4 is 35.2 Å². The van der Waals surface area contributed by atoms with Crippen molar-refractivity contribution in [3.05, 3.63) is 27.2 Å². The number of aliphatic carboxylic acids is 1. The predicted molar refractivity (Wildman–Crippen MR) is 94.6 cm³/mol. The lowest BCUT2D eigenvalue weighted by atomic mass is 9.90. The topological polar surface area (TPSA) is 55.8 Å². The van der Waals surface area contributed by atoms with Crippen molar-refractivity contribution < 1.29 is 32.5 Å². The Bertz CT molecular complexity index is 771. The van der Waals surface area contributed by atoms with Crippen molar-refractivity contribution in [1.82, 2.24) is 0 Å². The van der Waals surface area contributed by atoms with Gasteiger partial charge >= 0.3 is 12.1 Å². The Hall–Kier alpha value is -1.60. The van der Waals surface area contributed by atoms with Gasteiger partial charge in [-0.2, -0.15) is 13.2 Å². The van der Waals surface area contributed by atoms with Gasteiger partial charge in [0, 0.05) is 5.56 Å². The average molecular weight is 425 g/mol. The highest BCUT2D eigenvalue weighted by Gasteiger charge is 2.49. The highest BCUT2D eigenvalue weighted by atomic mass is 35.5. The Morgan fingerprint density at radius 2 is 1.93 bits per heavy atom. The van der Waals surface area contributed by atoms with Gasteiger partial charge in [-0.1, -0.05) is 42.5 Å². The van der Waals surface area contributed by atoms with Crippen LogP contribution in [0.25, 0.3) is 6.08 Å². The van der Waals surface area contributed by atoms with E-state index < -0.39 is 23.8 Å². The minimum atomic E-state index is -4.91.